The van der Waals surface area contributed by atoms with E-state index in [4.69, 9.17) is 5.26 Å². The molecule has 0 saturated carbocycles. The van der Waals surface area contributed by atoms with Gasteiger partial charge in [0.2, 0.25) is 0 Å². The Hall–Kier alpha value is -1.69. The number of hydrogen-bond acceptors (Lipinski definition) is 2. The van der Waals surface area contributed by atoms with Crippen LogP contribution < -0.4 is 0 Å². The molecule has 3 heteroatoms. The molecule has 0 bridgehead atoms. The highest BCUT2D eigenvalue weighted by atomic mass is 19.1. The van der Waals surface area contributed by atoms with Gasteiger partial charge in [0.05, 0.1) is 6.07 Å². The summed E-state index contributed by atoms with van der Waals surface area (Å²) in [7, 11) is 0. The molecule has 0 aromatic heterocycles. The molecule has 0 fully saturated rings. The number of nitriles is 1. The highest BCUT2D eigenvalue weighted by Gasteiger charge is 2.21. The van der Waals surface area contributed by atoms with Gasteiger partial charge >= 0.3 is 0 Å². The summed E-state index contributed by atoms with van der Waals surface area (Å²) in [6.07, 6.45) is 0.505. The second-order valence-electron chi connectivity index (χ2n) is 4.69. The number of hydrogen-bond donors (Lipinski definition) is 0. The summed E-state index contributed by atoms with van der Waals surface area (Å²) in [6, 6.07) is 6.18. The van der Waals surface area contributed by atoms with E-state index in [0.29, 0.717) is 12.0 Å². The van der Waals surface area contributed by atoms with Gasteiger partial charge in [-0.1, -0.05) is 13.8 Å². The summed E-state index contributed by atoms with van der Waals surface area (Å²) in [5.74, 6) is -1.15. The number of Topliss-reactive ketones (excluding diaryl/α,β-unsaturated/α-hetero) is 1. The van der Waals surface area contributed by atoms with Crippen LogP contribution in [0.1, 0.15) is 36.2 Å². The van der Waals surface area contributed by atoms with Crippen molar-refractivity contribution in [2.24, 2.45) is 11.8 Å². The van der Waals surface area contributed by atoms with Crippen molar-refractivity contribution in [2.45, 2.75) is 27.2 Å². The molecule has 0 aliphatic rings. The van der Waals surface area contributed by atoms with Crippen LogP contribution in [0, 0.1) is 35.9 Å². The van der Waals surface area contributed by atoms with Crippen LogP contribution in [0.15, 0.2) is 18.2 Å². The Kier molecular flexibility index (Phi) is 4.39. The van der Waals surface area contributed by atoms with Crippen molar-refractivity contribution >= 4 is 5.78 Å². The van der Waals surface area contributed by atoms with Crippen molar-refractivity contribution in [3.8, 4) is 6.07 Å². The van der Waals surface area contributed by atoms with E-state index in [1.165, 1.54) is 12.1 Å². The highest BCUT2D eigenvalue weighted by molar-refractivity contribution is 5.99. The molecule has 0 saturated heterocycles. The molecule has 1 atom stereocenters. The summed E-state index contributed by atoms with van der Waals surface area (Å²) in [5, 5.41) is 8.98. The Morgan fingerprint density at radius 1 is 1.41 bits per heavy atom. The minimum atomic E-state index is -0.684. The van der Waals surface area contributed by atoms with Crippen LogP contribution in [0.4, 0.5) is 4.39 Å². The lowest BCUT2D eigenvalue weighted by Gasteiger charge is -2.11. The summed E-state index contributed by atoms with van der Waals surface area (Å²) in [5.41, 5.74) is 0.976. The molecular formula is C14H16FNO. The van der Waals surface area contributed by atoms with Gasteiger partial charge in [-0.15, -0.1) is 0 Å². The van der Waals surface area contributed by atoms with Crippen molar-refractivity contribution in [1.29, 1.82) is 5.26 Å². The third-order valence-electron chi connectivity index (χ3n) is 2.51. The molecule has 1 rings (SSSR count). The van der Waals surface area contributed by atoms with E-state index >= 15 is 0 Å². The lowest BCUT2D eigenvalue weighted by Crippen LogP contribution is -2.15. The SMILES string of the molecule is Cc1cc(F)cc(C(=O)C(C#N)CC(C)C)c1. The molecule has 1 aromatic carbocycles. The maximum atomic E-state index is 13.2. The third-order valence-corrected chi connectivity index (χ3v) is 2.51. The summed E-state index contributed by atoms with van der Waals surface area (Å²) >= 11 is 0. The molecule has 17 heavy (non-hydrogen) atoms. The first-order valence-electron chi connectivity index (χ1n) is 5.65. The van der Waals surface area contributed by atoms with Gasteiger partial charge in [-0.3, -0.25) is 4.79 Å². The quantitative estimate of drug-likeness (QED) is 0.747. The molecule has 0 spiro atoms. The number of carbonyl (C=O) groups excluding carboxylic acids is 1. The summed E-state index contributed by atoms with van der Waals surface area (Å²) < 4.78 is 13.2. The molecule has 2 nitrogen and oxygen atoms in total. The maximum absolute atomic E-state index is 13.2. The van der Waals surface area contributed by atoms with Crippen LogP contribution in [-0.4, -0.2) is 5.78 Å². The number of aryl methyl sites for hydroxylation is 1. The van der Waals surface area contributed by atoms with Gasteiger partial charge in [-0.2, -0.15) is 5.26 Å². The van der Waals surface area contributed by atoms with Crippen LogP contribution >= 0.6 is 0 Å². The van der Waals surface area contributed by atoms with Gasteiger partial charge in [-0.05, 0) is 43.0 Å². The van der Waals surface area contributed by atoms with E-state index in [1.54, 1.807) is 13.0 Å². The largest absolute Gasteiger partial charge is 0.293 e. The van der Waals surface area contributed by atoms with E-state index in [0.717, 1.165) is 0 Å². The molecular weight excluding hydrogens is 217 g/mol. The first kappa shape index (κ1) is 13.4. The van der Waals surface area contributed by atoms with Crippen LogP contribution in [-0.2, 0) is 0 Å². The second-order valence-corrected chi connectivity index (χ2v) is 4.69. The molecule has 0 radical (unpaired) electrons. The van der Waals surface area contributed by atoms with E-state index < -0.39 is 11.7 Å². The zero-order chi connectivity index (χ0) is 13.0. The molecule has 0 amide bonds. The Labute approximate surface area is 101 Å². The Bertz CT molecular complexity index is 440. The maximum Gasteiger partial charge on any atom is 0.180 e. The predicted molar refractivity (Wildman–Crippen MR) is 64.0 cm³/mol. The topological polar surface area (TPSA) is 40.9 Å². The number of halogens is 1. The molecule has 0 aliphatic carbocycles. The third kappa shape index (κ3) is 3.67. The lowest BCUT2D eigenvalue weighted by molar-refractivity contribution is 0.0936. The van der Waals surface area contributed by atoms with Crippen LogP contribution in [0.5, 0.6) is 0 Å². The standard InChI is InChI=1S/C14H16FNO/c1-9(2)4-12(8-16)14(17)11-5-10(3)6-13(15)7-11/h5-7,9,12H,4H2,1-3H3. The minimum absolute atomic E-state index is 0.262. The number of rotatable bonds is 4. The first-order chi connectivity index (χ1) is 7.93. The average molecular weight is 233 g/mol. The van der Waals surface area contributed by atoms with Crippen molar-refractivity contribution in [1.82, 2.24) is 0 Å². The van der Waals surface area contributed by atoms with Gasteiger partial charge in [-0.25, -0.2) is 4.39 Å². The van der Waals surface area contributed by atoms with Gasteiger partial charge in [0.1, 0.15) is 11.7 Å². The molecule has 0 N–H and O–H groups in total. The fourth-order valence-corrected chi connectivity index (χ4v) is 1.77. The Balaban J connectivity index is 2.98. The van der Waals surface area contributed by atoms with Gasteiger partial charge in [0.15, 0.2) is 5.78 Å². The number of carbonyl (C=O) groups is 1. The van der Waals surface area contributed by atoms with Crippen LogP contribution in [0.2, 0.25) is 0 Å². The van der Waals surface area contributed by atoms with E-state index in [9.17, 15) is 9.18 Å². The van der Waals surface area contributed by atoms with Crippen LogP contribution in [0.25, 0.3) is 0 Å². The normalized spacial score (nSPS) is 12.2. The zero-order valence-corrected chi connectivity index (χ0v) is 10.3. The lowest BCUT2D eigenvalue weighted by atomic mass is 9.90. The smallest absolute Gasteiger partial charge is 0.180 e. The summed E-state index contributed by atoms with van der Waals surface area (Å²) in [4.78, 5) is 12.0. The fourth-order valence-electron chi connectivity index (χ4n) is 1.77. The molecule has 1 aromatic rings. The van der Waals surface area contributed by atoms with Gasteiger partial charge in [0, 0.05) is 5.56 Å². The second kappa shape index (κ2) is 5.58. The van der Waals surface area contributed by atoms with Crippen molar-refractivity contribution in [3.05, 3.63) is 35.1 Å². The van der Waals surface area contributed by atoms with E-state index in [1.807, 2.05) is 19.9 Å². The van der Waals surface area contributed by atoms with Gasteiger partial charge in [0.25, 0.3) is 0 Å². The van der Waals surface area contributed by atoms with Crippen molar-refractivity contribution < 1.29 is 9.18 Å². The zero-order valence-electron chi connectivity index (χ0n) is 10.3. The molecule has 0 heterocycles. The van der Waals surface area contributed by atoms with Crippen LogP contribution in [0.3, 0.4) is 0 Å². The molecule has 1 unspecified atom stereocenters. The fraction of sp³-hybridized carbons (Fsp3) is 0.429. The monoisotopic (exact) mass is 233 g/mol. The van der Waals surface area contributed by atoms with Gasteiger partial charge < -0.3 is 0 Å². The average Bonchev–Trinajstić information content (AvgIpc) is 2.23. The predicted octanol–water partition coefficient (Wildman–Crippen LogP) is 3.50. The number of ketones is 1. The van der Waals surface area contributed by atoms with E-state index in [2.05, 4.69) is 0 Å². The van der Waals surface area contributed by atoms with Crippen molar-refractivity contribution in [2.75, 3.05) is 0 Å². The van der Waals surface area contributed by atoms with Crippen molar-refractivity contribution in [3.63, 3.8) is 0 Å². The first-order valence-corrected chi connectivity index (χ1v) is 5.65. The van der Waals surface area contributed by atoms with E-state index in [-0.39, 0.29) is 17.3 Å². The minimum Gasteiger partial charge on any atom is -0.293 e. The molecule has 0 aliphatic heterocycles. The Morgan fingerprint density at radius 2 is 2.06 bits per heavy atom. The number of benzene rings is 1. The highest BCUT2D eigenvalue weighted by Crippen LogP contribution is 2.18. The Morgan fingerprint density at radius 3 is 2.53 bits per heavy atom. The number of nitrogens with zero attached hydrogens (tertiary/aromatic N) is 1. The molecule has 90 valence electrons. The summed E-state index contributed by atoms with van der Waals surface area (Å²) in [6.45, 7) is 5.63.